The number of hydrogen-bond acceptors (Lipinski definition) is 4. The minimum Gasteiger partial charge on any atom is -0.338 e. The molecule has 0 bridgehead atoms. The molecule has 2 aromatic rings. The lowest BCUT2D eigenvalue weighted by Gasteiger charge is -2.32. The Hall–Kier alpha value is -2.30. The first-order valence-corrected chi connectivity index (χ1v) is 7.64. The highest BCUT2D eigenvalue weighted by molar-refractivity contribution is 5.94. The summed E-state index contributed by atoms with van der Waals surface area (Å²) >= 11 is 0. The van der Waals surface area contributed by atoms with E-state index < -0.39 is 0 Å². The molecular formula is C17H20N4O. The number of likely N-dealkylation sites (tertiary alicyclic amines) is 1. The molecule has 1 aliphatic rings. The van der Waals surface area contributed by atoms with Crippen LogP contribution in [0.25, 0.3) is 0 Å². The van der Waals surface area contributed by atoms with Crippen LogP contribution < -0.4 is 0 Å². The van der Waals surface area contributed by atoms with E-state index in [1.54, 1.807) is 18.6 Å². The molecule has 0 saturated carbocycles. The van der Waals surface area contributed by atoms with E-state index in [1.165, 1.54) is 0 Å². The van der Waals surface area contributed by atoms with Crippen molar-refractivity contribution in [3.63, 3.8) is 0 Å². The summed E-state index contributed by atoms with van der Waals surface area (Å²) in [5, 5.41) is 0. The van der Waals surface area contributed by atoms with Gasteiger partial charge in [0.05, 0.1) is 5.56 Å². The molecule has 0 radical (unpaired) electrons. The second-order valence-corrected chi connectivity index (χ2v) is 5.87. The third-order valence-corrected chi connectivity index (χ3v) is 4.05. The maximum absolute atomic E-state index is 12.6. The van der Waals surface area contributed by atoms with E-state index in [9.17, 15) is 4.79 Å². The zero-order chi connectivity index (χ0) is 15.5. The first kappa shape index (κ1) is 14.6. The molecule has 1 fully saturated rings. The van der Waals surface area contributed by atoms with Crippen molar-refractivity contribution in [1.29, 1.82) is 0 Å². The minimum absolute atomic E-state index is 0.0617. The number of aryl methyl sites for hydroxylation is 2. The van der Waals surface area contributed by atoms with Gasteiger partial charge in [-0.1, -0.05) is 0 Å². The molecule has 0 aliphatic carbocycles. The number of pyridine rings is 1. The topological polar surface area (TPSA) is 59.0 Å². The van der Waals surface area contributed by atoms with Crippen LogP contribution in [0.15, 0.2) is 30.7 Å². The van der Waals surface area contributed by atoms with Gasteiger partial charge in [-0.25, -0.2) is 9.97 Å². The SMILES string of the molecule is Cc1cncc(C(=O)N2CCCC(c3ccnc(C)n3)C2)c1. The molecule has 1 atom stereocenters. The average molecular weight is 296 g/mol. The molecule has 3 heterocycles. The number of aromatic nitrogens is 3. The molecule has 0 spiro atoms. The van der Waals surface area contributed by atoms with Crippen molar-refractivity contribution in [2.45, 2.75) is 32.6 Å². The molecular weight excluding hydrogens is 276 g/mol. The monoisotopic (exact) mass is 296 g/mol. The Morgan fingerprint density at radius 2 is 2.18 bits per heavy atom. The Morgan fingerprint density at radius 1 is 1.32 bits per heavy atom. The fourth-order valence-corrected chi connectivity index (χ4v) is 2.96. The van der Waals surface area contributed by atoms with Gasteiger partial charge in [0.25, 0.3) is 5.91 Å². The van der Waals surface area contributed by atoms with Gasteiger partial charge in [-0.05, 0) is 44.4 Å². The minimum atomic E-state index is 0.0617. The maximum atomic E-state index is 12.6. The summed E-state index contributed by atoms with van der Waals surface area (Å²) in [6.07, 6.45) is 7.27. The van der Waals surface area contributed by atoms with Crippen LogP contribution in [-0.2, 0) is 0 Å². The van der Waals surface area contributed by atoms with E-state index in [1.807, 2.05) is 30.9 Å². The number of carbonyl (C=O) groups excluding carboxylic acids is 1. The first-order chi connectivity index (χ1) is 10.6. The summed E-state index contributed by atoms with van der Waals surface area (Å²) in [5.74, 6) is 1.13. The van der Waals surface area contributed by atoms with E-state index in [0.29, 0.717) is 12.1 Å². The standard InChI is InChI=1S/C17H20N4O/c1-12-8-15(10-18-9-12)17(22)21-7-3-4-14(11-21)16-5-6-19-13(2)20-16/h5-6,8-10,14H,3-4,7,11H2,1-2H3. The van der Waals surface area contributed by atoms with Crippen LogP contribution in [0.4, 0.5) is 0 Å². The van der Waals surface area contributed by atoms with Crippen molar-refractivity contribution >= 4 is 5.91 Å². The highest BCUT2D eigenvalue weighted by atomic mass is 16.2. The average Bonchev–Trinajstić information content (AvgIpc) is 2.54. The van der Waals surface area contributed by atoms with Crippen molar-refractivity contribution in [2.75, 3.05) is 13.1 Å². The van der Waals surface area contributed by atoms with Gasteiger partial charge in [0.15, 0.2) is 0 Å². The van der Waals surface area contributed by atoms with Gasteiger partial charge in [-0.15, -0.1) is 0 Å². The van der Waals surface area contributed by atoms with Crippen LogP contribution in [0, 0.1) is 13.8 Å². The predicted molar refractivity (Wildman–Crippen MR) is 83.6 cm³/mol. The van der Waals surface area contributed by atoms with Crippen molar-refractivity contribution < 1.29 is 4.79 Å². The molecule has 2 aromatic heterocycles. The number of amides is 1. The Morgan fingerprint density at radius 3 is 2.95 bits per heavy atom. The molecule has 1 aliphatic heterocycles. The summed E-state index contributed by atoms with van der Waals surface area (Å²) in [6.45, 7) is 5.36. The van der Waals surface area contributed by atoms with Crippen LogP contribution in [0.3, 0.4) is 0 Å². The van der Waals surface area contributed by atoms with E-state index >= 15 is 0 Å². The maximum Gasteiger partial charge on any atom is 0.255 e. The van der Waals surface area contributed by atoms with Crippen molar-refractivity contribution in [3.8, 4) is 0 Å². The quantitative estimate of drug-likeness (QED) is 0.854. The number of carbonyl (C=O) groups is 1. The van der Waals surface area contributed by atoms with Gasteiger partial charge in [-0.2, -0.15) is 0 Å². The number of hydrogen-bond donors (Lipinski definition) is 0. The second-order valence-electron chi connectivity index (χ2n) is 5.87. The molecule has 22 heavy (non-hydrogen) atoms. The lowest BCUT2D eigenvalue weighted by atomic mass is 9.94. The molecule has 114 valence electrons. The Labute approximate surface area is 130 Å². The van der Waals surface area contributed by atoms with Gasteiger partial charge in [0.2, 0.25) is 0 Å². The van der Waals surface area contributed by atoms with Crippen LogP contribution in [0.2, 0.25) is 0 Å². The molecule has 5 heteroatoms. The van der Waals surface area contributed by atoms with Crippen molar-refractivity contribution in [1.82, 2.24) is 19.9 Å². The Balaban J connectivity index is 1.77. The molecule has 1 saturated heterocycles. The van der Waals surface area contributed by atoms with Crippen LogP contribution >= 0.6 is 0 Å². The fraction of sp³-hybridized carbons (Fsp3) is 0.412. The molecule has 0 N–H and O–H groups in total. The highest BCUT2D eigenvalue weighted by Gasteiger charge is 2.26. The predicted octanol–water partition coefficient (Wildman–Crippen LogP) is 2.51. The Bertz CT molecular complexity index is 686. The van der Waals surface area contributed by atoms with E-state index in [-0.39, 0.29) is 11.8 Å². The van der Waals surface area contributed by atoms with Crippen LogP contribution in [0.1, 0.15) is 46.2 Å². The largest absolute Gasteiger partial charge is 0.338 e. The third-order valence-electron chi connectivity index (χ3n) is 4.05. The fourth-order valence-electron chi connectivity index (χ4n) is 2.96. The van der Waals surface area contributed by atoms with Gasteiger partial charge >= 0.3 is 0 Å². The van der Waals surface area contributed by atoms with Crippen LogP contribution in [0.5, 0.6) is 0 Å². The summed E-state index contributed by atoms with van der Waals surface area (Å²) in [7, 11) is 0. The smallest absolute Gasteiger partial charge is 0.255 e. The number of nitrogens with zero attached hydrogens (tertiary/aromatic N) is 4. The first-order valence-electron chi connectivity index (χ1n) is 7.64. The van der Waals surface area contributed by atoms with E-state index in [0.717, 1.165) is 36.5 Å². The van der Waals surface area contributed by atoms with Gasteiger partial charge in [0.1, 0.15) is 5.82 Å². The molecule has 0 aromatic carbocycles. The summed E-state index contributed by atoms with van der Waals surface area (Å²) in [4.78, 5) is 27.4. The molecule has 1 amide bonds. The van der Waals surface area contributed by atoms with Crippen molar-refractivity contribution in [3.05, 3.63) is 53.4 Å². The lowest BCUT2D eigenvalue weighted by Crippen LogP contribution is -2.39. The Kier molecular flexibility index (Phi) is 4.13. The van der Waals surface area contributed by atoms with E-state index in [4.69, 9.17) is 0 Å². The number of piperidine rings is 1. The zero-order valence-corrected chi connectivity index (χ0v) is 13.0. The summed E-state index contributed by atoms with van der Waals surface area (Å²) in [6, 6.07) is 3.85. The molecule has 5 nitrogen and oxygen atoms in total. The molecule has 3 rings (SSSR count). The van der Waals surface area contributed by atoms with Gasteiger partial charge < -0.3 is 4.90 Å². The van der Waals surface area contributed by atoms with Crippen LogP contribution in [-0.4, -0.2) is 38.8 Å². The zero-order valence-electron chi connectivity index (χ0n) is 13.0. The van der Waals surface area contributed by atoms with Crippen molar-refractivity contribution in [2.24, 2.45) is 0 Å². The third kappa shape index (κ3) is 3.13. The molecule has 1 unspecified atom stereocenters. The summed E-state index contributed by atoms with van der Waals surface area (Å²) < 4.78 is 0. The lowest BCUT2D eigenvalue weighted by molar-refractivity contribution is 0.0705. The second kappa shape index (κ2) is 6.22. The highest BCUT2D eigenvalue weighted by Crippen LogP contribution is 2.26. The van der Waals surface area contributed by atoms with E-state index in [2.05, 4.69) is 15.0 Å². The van der Waals surface area contributed by atoms with Gasteiger partial charge in [-0.3, -0.25) is 9.78 Å². The normalized spacial score (nSPS) is 18.3. The number of rotatable bonds is 2. The van der Waals surface area contributed by atoms with Gasteiger partial charge in [0, 0.05) is 43.3 Å². The summed E-state index contributed by atoms with van der Waals surface area (Å²) in [5.41, 5.74) is 2.71.